The third-order valence-electron chi connectivity index (χ3n) is 3.98. The van der Waals surface area contributed by atoms with Gasteiger partial charge in [0.25, 0.3) is 0 Å². The first kappa shape index (κ1) is 13.0. The van der Waals surface area contributed by atoms with Gasteiger partial charge in [-0.2, -0.15) is 0 Å². The molecule has 0 fully saturated rings. The molecule has 2 aromatic rings. The third-order valence-corrected chi connectivity index (χ3v) is 3.98. The zero-order chi connectivity index (χ0) is 14.1. The van der Waals surface area contributed by atoms with Crippen molar-refractivity contribution in [2.24, 2.45) is 0 Å². The summed E-state index contributed by atoms with van der Waals surface area (Å²) < 4.78 is 2.09. The van der Waals surface area contributed by atoms with Crippen LogP contribution in [0.1, 0.15) is 25.2 Å². The number of rotatable bonds is 2. The average Bonchev–Trinajstić information content (AvgIpc) is 2.86. The van der Waals surface area contributed by atoms with E-state index in [2.05, 4.69) is 9.38 Å². The van der Waals surface area contributed by atoms with Crippen molar-refractivity contribution in [3.63, 3.8) is 0 Å². The maximum Gasteiger partial charge on any atom is 0.320 e. The minimum Gasteiger partial charge on any atom is -0.325 e. The highest BCUT2D eigenvalue weighted by Gasteiger charge is 2.26. The van der Waals surface area contributed by atoms with E-state index in [0.717, 1.165) is 43.1 Å². The van der Waals surface area contributed by atoms with Crippen LogP contribution in [0.15, 0.2) is 24.4 Å². The lowest BCUT2D eigenvalue weighted by atomic mass is 10.1. The molecule has 3 heterocycles. The lowest BCUT2D eigenvalue weighted by Gasteiger charge is -2.31. The summed E-state index contributed by atoms with van der Waals surface area (Å²) in [6.07, 6.45) is 2.86. The third kappa shape index (κ3) is 2.03. The molecule has 0 aromatic carbocycles. The van der Waals surface area contributed by atoms with Gasteiger partial charge in [0.15, 0.2) is 0 Å². The van der Waals surface area contributed by atoms with Crippen LogP contribution in [0.25, 0.3) is 5.65 Å². The van der Waals surface area contributed by atoms with Crippen LogP contribution < -0.4 is 0 Å². The van der Waals surface area contributed by atoms with Crippen molar-refractivity contribution in [2.75, 3.05) is 19.6 Å². The molecule has 0 saturated carbocycles. The summed E-state index contributed by atoms with van der Waals surface area (Å²) in [4.78, 5) is 20.9. The summed E-state index contributed by atoms with van der Waals surface area (Å²) in [5, 5.41) is 0. The molecule has 0 atom stereocenters. The van der Waals surface area contributed by atoms with Gasteiger partial charge < -0.3 is 14.2 Å². The van der Waals surface area contributed by atoms with E-state index < -0.39 is 0 Å². The number of hydrogen-bond donors (Lipinski definition) is 0. The molecule has 5 nitrogen and oxygen atoms in total. The van der Waals surface area contributed by atoms with E-state index in [1.807, 2.05) is 48.0 Å². The van der Waals surface area contributed by atoms with Gasteiger partial charge in [0.05, 0.1) is 17.9 Å². The monoisotopic (exact) mass is 272 g/mol. The molecular weight excluding hydrogens is 252 g/mol. The Morgan fingerprint density at radius 1 is 1.35 bits per heavy atom. The summed E-state index contributed by atoms with van der Waals surface area (Å²) in [5.74, 6) is 0. The van der Waals surface area contributed by atoms with E-state index in [-0.39, 0.29) is 6.03 Å². The number of fused-ring (bicyclic) bond motifs is 3. The molecule has 5 heteroatoms. The van der Waals surface area contributed by atoms with Crippen molar-refractivity contribution in [3.8, 4) is 0 Å². The van der Waals surface area contributed by atoms with Crippen LogP contribution in [-0.2, 0) is 13.0 Å². The topological polar surface area (TPSA) is 40.9 Å². The number of aromatic nitrogens is 2. The molecule has 0 bridgehead atoms. The van der Waals surface area contributed by atoms with Gasteiger partial charge in [-0.25, -0.2) is 9.78 Å². The molecule has 0 unspecified atom stereocenters. The van der Waals surface area contributed by atoms with Crippen molar-refractivity contribution in [1.29, 1.82) is 0 Å². The second kappa shape index (κ2) is 5.15. The molecule has 0 saturated heterocycles. The number of hydrogen-bond acceptors (Lipinski definition) is 2. The average molecular weight is 272 g/mol. The summed E-state index contributed by atoms with van der Waals surface area (Å²) in [7, 11) is 0. The SMILES string of the molecule is CCN(CC)C(=O)N1CCc2nc3ccccn3c2C1. The Bertz CT molecular complexity index is 630. The van der Waals surface area contributed by atoms with Gasteiger partial charge in [-0.05, 0) is 26.0 Å². The van der Waals surface area contributed by atoms with Crippen LogP contribution in [0, 0.1) is 0 Å². The Morgan fingerprint density at radius 3 is 2.90 bits per heavy atom. The van der Waals surface area contributed by atoms with Crippen LogP contribution in [0.2, 0.25) is 0 Å². The first-order valence-electron chi connectivity index (χ1n) is 7.23. The van der Waals surface area contributed by atoms with Crippen molar-refractivity contribution in [2.45, 2.75) is 26.8 Å². The quantitative estimate of drug-likeness (QED) is 0.840. The Kier molecular flexibility index (Phi) is 3.34. The molecule has 106 valence electrons. The van der Waals surface area contributed by atoms with E-state index in [4.69, 9.17) is 0 Å². The van der Waals surface area contributed by atoms with Crippen molar-refractivity contribution >= 4 is 11.7 Å². The highest BCUT2D eigenvalue weighted by molar-refractivity contribution is 5.74. The number of pyridine rings is 1. The first-order chi connectivity index (χ1) is 9.74. The largest absolute Gasteiger partial charge is 0.325 e. The van der Waals surface area contributed by atoms with Crippen molar-refractivity contribution < 1.29 is 4.79 Å². The van der Waals surface area contributed by atoms with E-state index >= 15 is 0 Å². The Morgan fingerprint density at radius 2 is 2.15 bits per heavy atom. The fraction of sp³-hybridized carbons (Fsp3) is 0.467. The second-order valence-corrected chi connectivity index (χ2v) is 5.06. The van der Waals surface area contributed by atoms with E-state index in [1.54, 1.807) is 0 Å². The summed E-state index contributed by atoms with van der Waals surface area (Å²) >= 11 is 0. The molecular formula is C15H20N4O. The molecule has 2 aromatic heterocycles. The normalized spacial score (nSPS) is 14.4. The highest BCUT2D eigenvalue weighted by atomic mass is 16.2. The van der Waals surface area contributed by atoms with E-state index in [9.17, 15) is 4.79 Å². The van der Waals surface area contributed by atoms with Gasteiger partial charge in [-0.1, -0.05) is 6.07 Å². The molecule has 3 rings (SSSR count). The van der Waals surface area contributed by atoms with Crippen LogP contribution in [0.4, 0.5) is 4.79 Å². The second-order valence-electron chi connectivity index (χ2n) is 5.06. The molecule has 2 amide bonds. The minimum absolute atomic E-state index is 0.131. The zero-order valence-corrected chi connectivity index (χ0v) is 12.0. The van der Waals surface area contributed by atoms with E-state index in [1.165, 1.54) is 0 Å². The number of imidazole rings is 1. The Hall–Kier alpha value is -2.04. The Labute approximate surface area is 118 Å². The van der Waals surface area contributed by atoms with Gasteiger partial charge >= 0.3 is 6.03 Å². The fourth-order valence-corrected chi connectivity index (χ4v) is 2.82. The first-order valence-corrected chi connectivity index (χ1v) is 7.23. The lowest BCUT2D eigenvalue weighted by Crippen LogP contribution is -2.45. The Balaban J connectivity index is 1.89. The van der Waals surface area contributed by atoms with E-state index in [0.29, 0.717) is 6.54 Å². The number of carbonyl (C=O) groups excluding carboxylic acids is 1. The van der Waals surface area contributed by atoms with Crippen LogP contribution in [-0.4, -0.2) is 44.8 Å². The lowest BCUT2D eigenvalue weighted by molar-refractivity contribution is 0.151. The van der Waals surface area contributed by atoms with Crippen LogP contribution in [0.3, 0.4) is 0 Å². The summed E-state index contributed by atoms with van der Waals surface area (Å²) in [6.45, 7) is 6.95. The highest BCUT2D eigenvalue weighted by Crippen LogP contribution is 2.21. The predicted molar refractivity (Wildman–Crippen MR) is 77.6 cm³/mol. The number of urea groups is 1. The number of nitrogens with zero attached hydrogens (tertiary/aromatic N) is 4. The predicted octanol–water partition coefficient (Wildman–Crippen LogP) is 2.15. The molecule has 0 aliphatic carbocycles. The van der Waals surface area contributed by atoms with Gasteiger partial charge in [-0.15, -0.1) is 0 Å². The maximum absolute atomic E-state index is 12.5. The van der Waals surface area contributed by atoms with Crippen molar-refractivity contribution in [1.82, 2.24) is 19.2 Å². The number of carbonyl (C=O) groups is 1. The van der Waals surface area contributed by atoms with Gasteiger partial charge in [0.2, 0.25) is 0 Å². The number of amides is 2. The summed E-state index contributed by atoms with van der Waals surface area (Å²) in [5.41, 5.74) is 3.24. The minimum atomic E-state index is 0.131. The van der Waals surface area contributed by atoms with Gasteiger partial charge in [-0.3, -0.25) is 0 Å². The van der Waals surface area contributed by atoms with Crippen LogP contribution in [0.5, 0.6) is 0 Å². The molecule has 0 radical (unpaired) electrons. The smallest absolute Gasteiger partial charge is 0.320 e. The molecule has 1 aliphatic rings. The fourth-order valence-electron chi connectivity index (χ4n) is 2.82. The maximum atomic E-state index is 12.5. The van der Waals surface area contributed by atoms with Crippen LogP contribution >= 0.6 is 0 Å². The standard InChI is InChI=1S/C15H20N4O/c1-3-17(4-2)15(20)18-10-8-12-13(11-18)19-9-6-5-7-14(19)16-12/h5-7,9H,3-4,8,10-11H2,1-2H3. The van der Waals surface area contributed by atoms with Gasteiger partial charge in [0, 0.05) is 32.3 Å². The molecule has 0 N–H and O–H groups in total. The zero-order valence-electron chi connectivity index (χ0n) is 12.0. The molecule has 0 spiro atoms. The molecule has 20 heavy (non-hydrogen) atoms. The van der Waals surface area contributed by atoms with Gasteiger partial charge in [0.1, 0.15) is 5.65 Å². The molecule has 1 aliphatic heterocycles. The van der Waals surface area contributed by atoms with Crippen molar-refractivity contribution in [3.05, 3.63) is 35.8 Å². The summed E-state index contributed by atoms with van der Waals surface area (Å²) in [6, 6.07) is 6.13.